The van der Waals surface area contributed by atoms with E-state index >= 15 is 0 Å². The highest BCUT2D eigenvalue weighted by Crippen LogP contribution is 2.40. The number of hydrogen-bond donors (Lipinski definition) is 2. The molecule has 3 aromatic rings. The van der Waals surface area contributed by atoms with Crippen molar-refractivity contribution in [2.75, 3.05) is 6.61 Å². The van der Waals surface area contributed by atoms with Gasteiger partial charge in [0, 0.05) is 0 Å². The molecule has 0 unspecified atom stereocenters. The summed E-state index contributed by atoms with van der Waals surface area (Å²) in [5, 5.41) is 19.9. The third kappa shape index (κ3) is 3.56. The minimum absolute atomic E-state index is 0.0807. The highest BCUT2D eigenvalue weighted by molar-refractivity contribution is 5.77. The Morgan fingerprint density at radius 3 is 1.52 bits per heavy atom. The predicted octanol–water partition coefficient (Wildman–Crippen LogP) is 2.64. The Hall–Kier alpha value is -2.99. The first-order valence-corrected chi connectivity index (χ1v) is 9.50. The smallest absolute Gasteiger partial charge is 0.338 e. The molecule has 0 radical (unpaired) electrons. The Morgan fingerprint density at radius 1 is 0.759 bits per heavy atom. The second-order valence-corrected chi connectivity index (χ2v) is 7.00. The van der Waals surface area contributed by atoms with Gasteiger partial charge in [0.15, 0.2) is 12.2 Å². The van der Waals surface area contributed by atoms with E-state index in [-0.39, 0.29) is 6.61 Å². The van der Waals surface area contributed by atoms with Crippen LogP contribution in [0, 0.1) is 0 Å². The van der Waals surface area contributed by atoms with Crippen LogP contribution in [0.2, 0.25) is 0 Å². The second kappa shape index (κ2) is 8.17. The van der Waals surface area contributed by atoms with Crippen molar-refractivity contribution in [2.45, 2.75) is 23.9 Å². The van der Waals surface area contributed by atoms with E-state index < -0.39 is 29.9 Å². The highest BCUT2D eigenvalue weighted by Gasteiger charge is 2.45. The zero-order chi connectivity index (χ0) is 20.3. The van der Waals surface area contributed by atoms with Crippen LogP contribution in [0.15, 0.2) is 91.0 Å². The molecule has 1 saturated heterocycles. The van der Waals surface area contributed by atoms with Crippen LogP contribution in [0.25, 0.3) is 0 Å². The largest absolute Gasteiger partial charge is 0.455 e. The molecule has 4 rings (SSSR count). The topological polar surface area (TPSA) is 76.0 Å². The average Bonchev–Trinajstić information content (AvgIpc) is 3.03. The molecule has 148 valence electrons. The number of hydrogen-bond acceptors (Lipinski definition) is 5. The van der Waals surface area contributed by atoms with E-state index in [0.717, 1.165) is 16.7 Å². The minimum atomic E-state index is -1.55. The Kier molecular flexibility index (Phi) is 5.45. The van der Waals surface area contributed by atoms with Gasteiger partial charge in [-0.1, -0.05) is 91.0 Å². The van der Waals surface area contributed by atoms with Gasteiger partial charge in [-0.15, -0.1) is 0 Å². The standard InChI is InChI=1S/C24H22O5/c25-21-20(29-23(27)22(21)26)16-28-24(17-10-4-1-5-11-17,18-12-6-2-7-13-18)19-14-8-3-9-15-19/h1-15,20-22,25-26H,16H2/t20-,21-,22+/m0/s1. The Labute approximate surface area is 169 Å². The van der Waals surface area contributed by atoms with Crippen LogP contribution in [-0.4, -0.2) is 41.1 Å². The fraction of sp³-hybridized carbons (Fsp3) is 0.208. The van der Waals surface area contributed by atoms with Crippen LogP contribution < -0.4 is 0 Å². The molecule has 3 aromatic carbocycles. The summed E-state index contributed by atoms with van der Waals surface area (Å²) in [6, 6.07) is 29.3. The van der Waals surface area contributed by atoms with Crippen LogP contribution in [0.3, 0.4) is 0 Å². The number of aliphatic hydroxyl groups excluding tert-OH is 2. The number of aliphatic hydroxyl groups is 2. The van der Waals surface area contributed by atoms with Gasteiger partial charge >= 0.3 is 5.97 Å². The monoisotopic (exact) mass is 390 g/mol. The van der Waals surface area contributed by atoms with Crippen molar-refractivity contribution in [3.63, 3.8) is 0 Å². The Balaban J connectivity index is 1.81. The predicted molar refractivity (Wildman–Crippen MR) is 107 cm³/mol. The maximum atomic E-state index is 11.6. The number of benzene rings is 3. The summed E-state index contributed by atoms with van der Waals surface area (Å²) in [6.07, 6.45) is -3.83. The van der Waals surface area contributed by atoms with Crippen molar-refractivity contribution in [1.82, 2.24) is 0 Å². The summed E-state index contributed by atoms with van der Waals surface area (Å²) in [4.78, 5) is 11.6. The van der Waals surface area contributed by atoms with Gasteiger partial charge < -0.3 is 19.7 Å². The van der Waals surface area contributed by atoms with Gasteiger partial charge in [0.1, 0.15) is 11.7 Å². The Morgan fingerprint density at radius 2 is 1.17 bits per heavy atom. The van der Waals surface area contributed by atoms with Crippen LogP contribution in [0.1, 0.15) is 16.7 Å². The van der Waals surface area contributed by atoms with Crippen molar-refractivity contribution in [3.05, 3.63) is 108 Å². The molecule has 0 aliphatic carbocycles. The summed E-state index contributed by atoms with van der Waals surface area (Å²) >= 11 is 0. The van der Waals surface area contributed by atoms with E-state index in [4.69, 9.17) is 9.47 Å². The quantitative estimate of drug-likeness (QED) is 0.500. The van der Waals surface area contributed by atoms with Gasteiger partial charge in [0.2, 0.25) is 0 Å². The number of carbonyl (C=O) groups excluding carboxylic acids is 1. The van der Waals surface area contributed by atoms with Gasteiger partial charge in [-0.25, -0.2) is 4.79 Å². The zero-order valence-electron chi connectivity index (χ0n) is 15.7. The molecule has 0 bridgehead atoms. The van der Waals surface area contributed by atoms with Gasteiger partial charge in [0.05, 0.1) is 6.61 Å². The molecule has 1 fully saturated rings. The second-order valence-electron chi connectivity index (χ2n) is 7.00. The first-order valence-electron chi connectivity index (χ1n) is 9.50. The lowest BCUT2D eigenvalue weighted by Gasteiger charge is -2.36. The third-order valence-electron chi connectivity index (χ3n) is 5.22. The van der Waals surface area contributed by atoms with Crippen molar-refractivity contribution in [1.29, 1.82) is 0 Å². The summed E-state index contributed by atoms with van der Waals surface area (Å²) in [5.74, 6) is -0.837. The van der Waals surface area contributed by atoms with Crippen LogP contribution in [0.4, 0.5) is 0 Å². The van der Waals surface area contributed by atoms with Gasteiger partial charge in [-0.05, 0) is 16.7 Å². The fourth-order valence-electron chi connectivity index (χ4n) is 3.74. The minimum Gasteiger partial charge on any atom is -0.455 e. The molecule has 29 heavy (non-hydrogen) atoms. The summed E-state index contributed by atoms with van der Waals surface area (Å²) < 4.78 is 11.6. The molecule has 0 saturated carbocycles. The van der Waals surface area contributed by atoms with E-state index in [1.54, 1.807) is 0 Å². The lowest BCUT2D eigenvalue weighted by Crippen LogP contribution is -2.39. The van der Waals surface area contributed by atoms with Crippen molar-refractivity contribution in [3.8, 4) is 0 Å². The number of esters is 1. The molecular formula is C24H22O5. The van der Waals surface area contributed by atoms with Crippen molar-refractivity contribution in [2.24, 2.45) is 0 Å². The van der Waals surface area contributed by atoms with Gasteiger partial charge in [-0.3, -0.25) is 0 Å². The molecule has 0 spiro atoms. The average molecular weight is 390 g/mol. The lowest BCUT2D eigenvalue weighted by molar-refractivity contribution is -0.150. The van der Waals surface area contributed by atoms with E-state index in [1.807, 2.05) is 91.0 Å². The summed E-state index contributed by atoms with van der Waals surface area (Å²) in [5.41, 5.74) is 1.72. The fourth-order valence-corrected chi connectivity index (χ4v) is 3.74. The molecular weight excluding hydrogens is 368 g/mol. The molecule has 5 nitrogen and oxygen atoms in total. The van der Waals surface area contributed by atoms with Gasteiger partial charge in [0.25, 0.3) is 0 Å². The molecule has 1 heterocycles. The van der Waals surface area contributed by atoms with E-state index in [0.29, 0.717) is 0 Å². The Bertz CT molecular complexity index is 846. The maximum Gasteiger partial charge on any atom is 0.338 e. The zero-order valence-corrected chi connectivity index (χ0v) is 15.7. The number of cyclic esters (lactones) is 1. The molecule has 5 heteroatoms. The maximum absolute atomic E-state index is 11.6. The number of rotatable bonds is 6. The first kappa shape index (κ1) is 19.3. The van der Waals surface area contributed by atoms with Gasteiger partial charge in [-0.2, -0.15) is 0 Å². The normalized spacial score (nSPS) is 21.7. The lowest BCUT2D eigenvalue weighted by atomic mass is 9.80. The molecule has 0 aromatic heterocycles. The molecule has 2 N–H and O–H groups in total. The van der Waals surface area contributed by atoms with E-state index in [9.17, 15) is 15.0 Å². The van der Waals surface area contributed by atoms with Crippen molar-refractivity contribution < 1.29 is 24.5 Å². The van der Waals surface area contributed by atoms with E-state index in [1.165, 1.54) is 0 Å². The first-order chi connectivity index (χ1) is 14.1. The SMILES string of the molecule is O=C1O[C@@H](COC(c2ccccc2)(c2ccccc2)c2ccccc2)[C@H](O)[C@H]1O. The summed E-state index contributed by atoms with van der Waals surface area (Å²) in [6.45, 7) is -0.0807. The molecule has 1 aliphatic rings. The third-order valence-corrected chi connectivity index (χ3v) is 5.22. The van der Waals surface area contributed by atoms with Crippen LogP contribution in [0.5, 0.6) is 0 Å². The molecule has 3 atom stereocenters. The highest BCUT2D eigenvalue weighted by atomic mass is 16.6. The van der Waals surface area contributed by atoms with Crippen LogP contribution >= 0.6 is 0 Å². The van der Waals surface area contributed by atoms with Crippen molar-refractivity contribution >= 4 is 5.97 Å². The number of ether oxygens (including phenoxy) is 2. The number of carbonyl (C=O) groups is 1. The molecule has 0 amide bonds. The molecule has 1 aliphatic heterocycles. The summed E-state index contributed by atoms with van der Waals surface area (Å²) in [7, 11) is 0. The van der Waals surface area contributed by atoms with E-state index in [2.05, 4.69) is 0 Å². The van der Waals surface area contributed by atoms with Crippen LogP contribution in [-0.2, 0) is 19.9 Å².